The number of rotatable bonds is 4. The summed E-state index contributed by atoms with van der Waals surface area (Å²) < 4.78 is 4.76. The first kappa shape index (κ1) is 11.9. The summed E-state index contributed by atoms with van der Waals surface area (Å²) in [6.07, 6.45) is 3.29. The Morgan fingerprint density at radius 3 is 2.80 bits per heavy atom. The van der Waals surface area contributed by atoms with Gasteiger partial charge in [0.25, 0.3) is 0 Å². The van der Waals surface area contributed by atoms with E-state index in [1.54, 1.807) is 6.92 Å². The third kappa shape index (κ3) is 3.17. The highest BCUT2D eigenvalue weighted by Gasteiger charge is 2.27. The average Bonchev–Trinajstić information content (AvgIpc) is 2.13. The van der Waals surface area contributed by atoms with Crippen LogP contribution < -0.4 is 5.32 Å². The molecular weight excluding hydrogens is 212 g/mol. The molecule has 82 valence electrons. The van der Waals surface area contributed by atoms with E-state index in [9.17, 15) is 4.79 Å². The molecule has 1 atom stereocenters. The molecule has 0 spiro atoms. The molecule has 5 heteroatoms. The molecule has 0 radical (unpaired) electrons. The van der Waals surface area contributed by atoms with E-state index in [0.29, 0.717) is 11.0 Å². The van der Waals surface area contributed by atoms with Crippen LogP contribution in [0, 0.1) is 17.2 Å². The van der Waals surface area contributed by atoms with Gasteiger partial charge in [0.1, 0.15) is 4.99 Å². The summed E-state index contributed by atoms with van der Waals surface area (Å²) in [6, 6.07) is 2.20. The number of nitriles is 1. The molecule has 1 fully saturated rings. The molecule has 0 aromatic carbocycles. The van der Waals surface area contributed by atoms with Crippen molar-refractivity contribution in [2.45, 2.75) is 32.2 Å². The summed E-state index contributed by atoms with van der Waals surface area (Å²) in [5.74, 6) is -1.52. The van der Waals surface area contributed by atoms with Gasteiger partial charge in [0, 0.05) is 6.04 Å². The second-order valence-electron chi connectivity index (χ2n) is 3.45. The monoisotopic (exact) mass is 226 g/mol. The van der Waals surface area contributed by atoms with Crippen LogP contribution in [-0.4, -0.2) is 23.6 Å². The van der Waals surface area contributed by atoms with Crippen LogP contribution in [0.5, 0.6) is 0 Å². The third-order valence-corrected chi connectivity index (χ3v) is 2.72. The molecule has 0 heterocycles. The van der Waals surface area contributed by atoms with Crippen LogP contribution in [0.2, 0.25) is 0 Å². The largest absolute Gasteiger partial charge is 0.465 e. The quantitative estimate of drug-likeness (QED) is 0.575. The van der Waals surface area contributed by atoms with Crippen LogP contribution >= 0.6 is 12.2 Å². The van der Waals surface area contributed by atoms with E-state index >= 15 is 0 Å². The van der Waals surface area contributed by atoms with Gasteiger partial charge < -0.3 is 10.1 Å². The predicted molar refractivity (Wildman–Crippen MR) is 59.1 cm³/mol. The highest BCUT2D eigenvalue weighted by Crippen LogP contribution is 2.18. The Morgan fingerprint density at radius 2 is 2.40 bits per heavy atom. The zero-order chi connectivity index (χ0) is 11.3. The fourth-order valence-corrected chi connectivity index (χ4v) is 1.60. The van der Waals surface area contributed by atoms with Crippen molar-refractivity contribution in [3.8, 4) is 6.07 Å². The van der Waals surface area contributed by atoms with Gasteiger partial charge in [-0.25, -0.2) is 0 Å². The number of ether oxygens (including phenoxy) is 1. The van der Waals surface area contributed by atoms with E-state index in [2.05, 4.69) is 5.32 Å². The zero-order valence-electron chi connectivity index (χ0n) is 8.66. The Labute approximate surface area is 94.6 Å². The molecule has 1 rings (SSSR count). The van der Waals surface area contributed by atoms with Crippen LogP contribution in [0.4, 0.5) is 0 Å². The van der Waals surface area contributed by atoms with Gasteiger partial charge in [0.2, 0.25) is 0 Å². The molecule has 1 saturated carbocycles. The van der Waals surface area contributed by atoms with Crippen molar-refractivity contribution in [2.24, 2.45) is 5.92 Å². The van der Waals surface area contributed by atoms with Crippen LogP contribution in [0.25, 0.3) is 0 Å². The predicted octanol–water partition coefficient (Wildman–Crippen LogP) is 1.16. The zero-order valence-corrected chi connectivity index (χ0v) is 9.47. The van der Waals surface area contributed by atoms with E-state index in [4.69, 9.17) is 22.2 Å². The van der Waals surface area contributed by atoms with E-state index in [-0.39, 0.29) is 6.61 Å². The Kier molecular flexibility index (Phi) is 4.50. The Balaban J connectivity index is 2.46. The molecule has 4 nitrogen and oxygen atoms in total. The first-order chi connectivity index (χ1) is 7.19. The van der Waals surface area contributed by atoms with Crippen molar-refractivity contribution in [1.82, 2.24) is 5.32 Å². The van der Waals surface area contributed by atoms with Gasteiger partial charge >= 0.3 is 5.97 Å². The number of carbonyl (C=O) groups excluding carboxylic acids is 1. The van der Waals surface area contributed by atoms with Crippen LogP contribution in [0.1, 0.15) is 26.2 Å². The maximum Gasteiger partial charge on any atom is 0.330 e. The molecule has 0 aliphatic heterocycles. The lowest BCUT2D eigenvalue weighted by Gasteiger charge is -2.28. The number of hydrogen-bond donors (Lipinski definition) is 1. The fraction of sp³-hybridized carbons (Fsp3) is 0.700. The average molecular weight is 226 g/mol. The number of hydrogen-bond acceptors (Lipinski definition) is 4. The van der Waals surface area contributed by atoms with Crippen molar-refractivity contribution < 1.29 is 9.53 Å². The van der Waals surface area contributed by atoms with Crippen molar-refractivity contribution in [3.63, 3.8) is 0 Å². The maximum atomic E-state index is 11.3. The number of esters is 1. The first-order valence-corrected chi connectivity index (χ1v) is 5.46. The normalized spacial score (nSPS) is 17.1. The van der Waals surface area contributed by atoms with Crippen molar-refractivity contribution in [3.05, 3.63) is 0 Å². The van der Waals surface area contributed by atoms with Gasteiger partial charge in [0.15, 0.2) is 5.92 Å². The number of nitrogens with zero attached hydrogens (tertiary/aromatic N) is 1. The number of thiocarbonyl (C=S) groups is 1. The second kappa shape index (κ2) is 5.66. The molecule has 0 aromatic rings. The van der Waals surface area contributed by atoms with Crippen LogP contribution in [0.15, 0.2) is 0 Å². The number of nitrogens with one attached hydrogen (secondary N) is 1. The lowest BCUT2D eigenvalue weighted by atomic mass is 9.93. The highest BCUT2D eigenvalue weighted by molar-refractivity contribution is 7.80. The molecule has 0 bridgehead atoms. The van der Waals surface area contributed by atoms with Crippen molar-refractivity contribution in [1.29, 1.82) is 5.26 Å². The SMILES string of the molecule is CCOC(=O)C(C#N)C(=S)NC1CCC1. The minimum atomic E-state index is -0.958. The molecule has 1 aliphatic rings. The molecule has 0 amide bonds. The summed E-state index contributed by atoms with van der Waals surface area (Å²) in [4.78, 5) is 11.6. The maximum absolute atomic E-state index is 11.3. The Hall–Kier alpha value is -1.15. The second-order valence-corrected chi connectivity index (χ2v) is 3.89. The van der Waals surface area contributed by atoms with Gasteiger partial charge in [-0.05, 0) is 26.2 Å². The molecular formula is C10H14N2O2S. The van der Waals surface area contributed by atoms with Crippen molar-refractivity contribution in [2.75, 3.05) is 6.61 Å². The highest BCUT2D eigenvalue weighted by atomic mass is 32.1. The summed E-state index contributed by atoms with van der Waals surface area (Å²) in [7, 11) is 0. The standard InChI is InChI=1S/C10H14N2O2S/c1-2-14-10(13)8(6-11)9(15)12-7-4-3-5-7/h7-8H,2-5H2,1H3,(H,12,15). The van der Waals surface area contributed by atoms with Gasteiger partial charge in [-0.2, -0.15) is 5.26 Å². The van der Waals surface area contributed by atoms with Gasteiger partial charge in [-0.1, -0.05) is 12.2 Å². The van der Waals surface area contributed by atoms with E-state index in [1.165, 1.54) is 6.42 Å². The lowest BCUT2D eigenvalue weighted by Crippen LogP contribution is -2.43. The van der Waals surface area contributed by atoms with E-state index in [1.807, 2.05) is 6.07 Å². The van der Waals surface area contributed by atoms with Gasteiger partial charge in [-0.3, -0.25) is 4.79 Å². The first-order valence-electron chi connectivity index (χ1n) is 5.05. The number of carbonyl (C=O) groups is 1. The topological polar surface area (TPSA) is 62.1 Å². The van der Waals surface area contributed by atoms with Gasteiger partial charge in [-0.15, -0.1) is 0 Å². The molecule has 0 saturated heterocycles. The molecule has 0 aromatic heterocycles. The summed E-state index contributed by atoms with van der Waals surface area (Å²) >= 11 is 5.01. The van der Waals surface area contributed by atoms with E-state index in [0.717, 1.165) is 12.8 Å². The van der Waals surface area contributed by atoms with Crippen molar-refractivity contribution >= 4 is 23.2 Å². The summed E-state index contributed by atoms with van der Waals surface area (Å²) in [6.45, 7) is 1.97. The summed E-state index contributed by atoms with van der Waals surface area (Å²) in [5, 5.41) is 11.8. The lowest BCUT2D eigenvalue weighted by molar-refractivity contribution is -0.143. The summed E-state index contributed by atoms with van der Waals surface area (Å²) in [5.41, 5.74) is 0. The Morgan fingerprint density at radius 1 is 1.73 bits per heavy atom. The van der Waals surface area contributed by atoms with Crippen LogP contribution in [0.3, 0.4) is 0 Å². The third-order valence-electron chi connectivity index (χ3n) is 2.37. The Bertz CT molecular complexity index is 294. The molecule has 15 heavy (non-hydrogen) atoms. The fourth-order valence-electron chi connectivity index (χ4n) is 1.28. The molecule has 1 unspecified atom stereocenters. The minimum absolute atomic E-state index is 0.267. The van der Waals surface area contributed by atoms with Crippen LogP contribution in [-0.2, 0) is 9.53 Å². The smallest absolute Gasteiger partial charge is 0.330 e. The molecule has 1 aliphatic carbocycles. The minimum Gasteiger partial charge on any atom is -0.465 e. The van der Waals surface area contributed by atoms with E-state index < -0.39 is 11.9 Å². The van der Waals surface area contributed by atoms with Gasteiger partial charge in [0.05, 0.1) is 12.7 Å². The molecule has 1 N–H and O–H groups in total.